The van der Waals surface area contributed by atoms with Crippen molar-refractivity contribution in [2.24, 2.45) is 0 Å². The maximum Gasteiger partial charge on any atom is 0.321 e. The average Bonchev–Trinajstić information content (AvgIpc) is 2.25. The topological polar surface area (TPSA) is 58.2 Å². The van der Waals surface area contributed by atoms with Gasteiger partial charge < -0.3 is 5.32 Å². The van der Waals surface area contributed by atoms with E-state index in [1.54, 1.807) is 6.07 Å². The highest BCUT2D eigenvalue weighted by molar-refractivity contribution is 8.00. The van der Waals surface area contributed by atoms with Gasteiger partial charge in [0.15, 0.2) is 0 Å². The van der Waals surface area contributed by atoms with Gasteiger partial charge in [0, 0.05) is 10.4 Å². The predicted octanol–water partition coefficient (Wildman–Crippen LogP) is 3.06. The Hall–Kier alpha value is -1.20. The molecule has 0 bridgehead atoms. The van der Waals surface area contributed by atoms with Crippen LogP contribution in [0.4, 0.5) is 4.79 Å². The normalized spacial score (nSPS) is 10.9. The SMILES string of the molecule is CC(C)(C)NC(=O)NC(=O)CSc1ccccc1Cl. The van der Waals surface area contributed by atoms with E-state index in [1.165, 1.54) is 11.8 Å². The van der Waals surface area contributed by atoms with Crippen molar-refractivity contribution in [1.82, 2.24) is 10.6 Å². The highest BCUT2D eigenvalue weighted by atomic mass is 35.5. The minimum atomic E-state index is -0.489. The zero-order valence-electron chi connectivity index (χ0n) is 11.1. The van der Waals surface area contributed by atoms with Gasteiger partial charge in [0.2, 0.25) is 5.91 Å². The number of carbonyl (C=O) groups is 2. The quantitative estimate of drug-likeness (QED) is 0.844. The highest BCUT2D eigenvalue weighted by Gasteiger charge is 2.15. The van der Waals surface area contributed by atoms with Crippen LogP contribution in [-0.2, 0) is 4.79 Å². The maximum atomic E-state index is 11.6. The summed E-state index contributed by atoms with van der Waals surface area (Å²) in [7, 11) is 0. The van der Waals surface area contributed by atoms with Crippen molar-refractivity contribution in [2.75, 3.05) is 5.75 Å². The molecule has 2 N–H and O–H groups in total. The Morgan fingerprint density at radius 2 is 1.89 bits per heavy atom. The summed E-state index contributed by atoms with van der Waals surface area (Å²) < 4.78 is 0. The average molecular weight is 301 g/mol. The first-order valence-corrected chi connectivity index (χ1v) is 7.13. The minimum Gasteiger partial charge on any atom is -0.333 e. The molecule has 0 atom stereocenters. The highest BCUT2D eigenvalue weighted by Crippen LogP contribution is 2.26. The number of thioether (sulfide) groups is 1. The fourth-order valence-corrected chi connectivity index (χ4v) is 2.28. The molecule has 1 aromatic rings. The molecule has 4 nitrogen and oxygen atoms in total. The first-order chi connectivity index (χ1) is 8.78. The van der Waals surface area contributed by atoms with Crippen molar-refractivity contribution in [2.45, 2.75) is 31.2 Å². The van der Waals surface area contributed by atoms with Gasteiger partial charge in [0.25, 0.3) is 0 Å². The Balaban J connectivity index is 2.40. The Morgan fingerprint density at radius 3 is 2.47 bits per heavy atom. The second-order valence-corrected chi connectivity index (χ2v) is 6.40. The number of imide groups is 1. The lowest BCUT2D eigenvalue weighted by Crippen LogP contribution is -2.48. The van der Waals surface area contributed by atoms with Crippen LogP contribution in [0.2, 0.25) is 5.02 Å². The van der Waals surface area contributed by atoms with Crippen molar-refractivity contribution >= 4 is 35.3 Å². The van der Waals surface area contributed by atoms with Crippen molar-refractivity contribution in [3.63, 3.8) is 0 Å². The Bertz CT molecular complexity index is 472. The number of halogens is 1. The molecular weight excluding hydrogens is 284 g/mol. The van der Waals surface area contributed by atoms with E-state index in [9.17, 15) is 9.59 Å². The number of amides is 3. The lowest BCUT2D eigenvalue weighted by atomic mass is 10.1. The minimum absolute atomic E-state index is 0.140. The van der Waals surface area contributed by atoms with Gasteiger partial charge >= 0.3 is 6.03 Å². The van der Waals surface area contributed by atoms with E-state index in [0.29, 0.717) is 5.02 Å². The standard InChI is InChI=1S/C13H17ClN2O2S/c1-13(2,3)16-12(18)15-11(17)8-19-10-7-5-4-6-9(10)14/h4-7H,8H2,1-3H3,(H2,15,16,17,18). The fraction of sp³-hybridized carbons (Fsp3) is 0.385. The van der Waals surface area contributed by atoms with Crippen LogP contribution in [0.15, 0.2) is 29.2 Å². The Morgan fingerprint density at radius 1 is 1.26 bits per heavy atom. The second kappa shape index (κ2) is 6.82. The number of benzene rings is 1. The Labute approximate surface area is 122 Å². The third kappa shape index (κ3) is 6.50. The van der Waals surface area contributed by atoms with Crippen LogP contribution in [-0.4, -0.2) is 23.2 Å². The van der Waals surface area contributed by atoms with Gasteiger partial charge in [-0.25, -0.2) is 4.79 Å². The molecule has 0 saturated heterocycles. The Kier molecular flexibility index (Phi) is 5.69. The van der Waals surface area contributed by atoms with Crippen LogP contribution < -0.4 is 10.6 Å². The molecular formula is C13H17ClN2O2S. The molecule has 0 heterocycles. The van der Waals surface area contributed by atoms with Crippen LogP contribution in [0, 0.1) is 0 Å². The third-order valence-corrected chi connectivity index (χ3v) is 3.45. The molecule has 104 valence electrons. The maximum absolute atomic E-state index is 11.6. The van der Waals surface area contributed by atoms with Gasteiger partial charge in [-0.15, -0.1) is 11.8 Å². The fourth-order valence-electron chi connectivity index (χ4n) is 1.24. The van der Waals surface area contributed by atoms with E-state index in [2.05, 4.69) is 10.6 Å². The van der Waals surface area contributed by atoms with Crippen LogP contribution in [0.1, 0.15) is 20.8 Å². The van der Waals surface area contributed by atoms with E-state index in [4.69, 9.17) is 11.6 Å². The zero-order chi connectivity index (χ0) is 14.5. The second-order valence-electron chi connectivity index (χ2n) is 4.97. The predicted molar refractivity (Wildman–Crippen MR) is 78.6 cm³/mol. The van der Waals surface area contributed by atoms with Gasteiger partial charge in [-0.05, 0) is 32.9 Å². The van der Waals surface area contributed by atoms with E-state index in [1.807, 2.05) is 39.0 Å². The number of nitrogens with one attached hydrogen (secondary N) is 2. The van der Waals surface area contributed by atoms with Gasteiger partial charge in [-0.2, -0.15) is 0 Å². The first-order valence-electron chi connectivity index (χ1n) is 5.77. The van der Waals surface area contributed by atoms with E-state index in [0.717, 1.165) is 4.90 Å². The molecule has 6 heteroatoms. The molecule has 1 rings (SSSR count). The number of hydrogen-bond donors (Lipinski definition) is 2. The van der Waals surface area contributed by atoms with E-state index in [-0.39, 0.29) is 17.2 Å². The molecule has 1 aromatic carbocycles. The monoisotopic (exact) mass is 300 g/mol. The lowest BCUT2D eigenvalue weighted by molar-refractivity contribution is -0.117. The van der Waals surface area contributed by atoms with Crippen molar-refractivity contribution in [1.29, 1.82) is 0 Å². The molecule has 0 aromatic heterocycles. The summed E-state index contributed by atoms with van der Waals surface area (Å²) in [5, 5.41) is 5.52. The summed E-state index contributed by atoms with van der Waals surface area (Å²) in [6.45, 7) is 5.53. The van der Waals surface area contributed by atoms with Crippen LogP contribution >= 0.6 is 23.4 Å². The summed E-state index contributed by atoms with van der Waals surface area (Å²) in [5.74, 6) is -0.215. The summed E-state index contributed by atoms with van der Waals surface area (Å²) in [5.41, 5.74) is -0.375. The van der Waals surface area contributed by atoms with Crippen molar-refractivity contribution < 1.29 is 9.59 Å². The molecule has 0 aliphatic heterocycles. The number of rotatable bonds is 3. The van der Waals surface area contributed by atoms with Crippen LogP contribution in [0.3, 0.4) is 0 Å². The molecule has 0 saturated carbocycles. The summed E-state index contributed by atoms with van der Waals surface area (Å²) in [6, 6.07) is 6.77. The van der Waals surface area contributed by atoms with Crippen LogP contribution in [0.25, 0.3) is 0 Å². The van der Waals surface area contributed by atoms with E-state index >= 15 is 0 Å². The summed E-state index contributed by atoms with van der Waals surface area (Å²) >= 11 is 7.26. The molecule has 3 amide bonds. The third-order valence-electron chi connectivity index (χ3n) is 1.94. The summed E-state index contributed by atoms with van der Waals surface area (Å²) in [6.07, 6.45) is 0. The van der Waals surface area contributed by atoms with Gasteiger partial charge in [-0.1, -0.05) is 23.7 Å². The first kappa shape index (κ1) is 15.9. The van der Waals surface area contributed by atoms with Crippen LogP contribution in [0.5, 0.6) is 0 Å². The number of carbonyl (C=O) groups excluding carboxylic acids is 2. The molecule has 0 fully saturated rings. The number of hydrogen-bond acceptors (Lipinski definition) is 3. The molecule has 0 aliphatic carbocycles. The summed E-state index contributed by atoms with van der Waals surface area (Å²) in [4.78, 5) is 23.9. The van der Waals surface area contributed by atoms with Crippen molar-refractivity contribution in [3.8, 4) is 0 Å². The smallest absolute Gasteiger partial charge is 0.321 e. The van der Waals surface area contributed by atoms with Crippen molar-refractivity contribution in [3.05, 3.63) is 29.3 Å². The van der Waals surface area contributed by atoms with Gasteiger partial charge in [0.1, 0.15) is 0 Å². The largest absolute Gasteiger partial charge is 0.333 e. The molecule has 19 heavy (non-hydrogen) atoms. The lowest BCUT2D eigenvalue weighted by Gasteiger charge is -2.20. The zero-order valence-corrected chi connectivity index (χ0v) is 12.7. The molecule has 0 aliphatic rings. The molecule has 0 radical (unpaired) electrons. The number of urea groups is 1. The van der Waals surface area contributed by atoms with E-state index < -0.39 is 6.03 Å². The van der Waals surface area contributed by atoms with Gasteiger partial charge in [-0.3, -0.25) is 10.1 Å². The molecule has 0 spiro atoms. The molecule has 0 unspecified atom stereocenters. The van der Waals surface area contributed by atoms with Gasteiger partial charge in [0.05, 0.1) is 10.8 Å².